The summed E-state index contributed by atoms with van der Waals surface area (Å²) in [7, 11) is -1.24. The van der Waals surface area contributed by atoms with E-state index in [0.29, 0.717) is 17.4 Å². The first-order chi connectivity index (χ1) is 15.5. The summed E-state index contributed by atoms with van der Waals surface area (Å²) in [6, 6.07) is 12.4. The van der Waals surface area contributed by atoms with Gasteiger partial charge in [0.05, 0.1) is 18.4 Å². The third-order valence-electron chi connectivity index (χ3n) is 4.53. The zero-order valence-corrected chi connectivity index (χ0v) is 18.6. The molecule has 0 unspecified atom stereocenters. The summed E-state index contributed by atoms with van der Waals surface area (Å²) in [5, 5.41) is 0. The first-order valence-electron chi connectivity index (χ1n) is 9.65. The third kappa shape index (κ3) is 6.28. The molecule has 1 aromatic heterocycles. The minimum Gasteiger partial charge on any atom is -0.467 e. The van der Waals surface area contributed by atoms with Crippen molar-refractivity contribution in [3.05, 3.63) is 83.8 Å². The van der Waals surface area contributed by atoms with Crippen molar-refractivity contribution in [3.63, 3.8) is 0 Å². The van der Waals surface area contributed by atoms with E-state index in [0.717, 1.165) is 18.2 Å². The minimum atomic E-state index is -4.68. The van der Waals surface area contributed by atoms with E-state index in [9.17, 15) is 26.4 Å². The van der Waals surface area contributed by atoms with Gasteiger partial charge in [-0.1, -0.05) is 18.2 Å². The molecular formula is C22H21F3N2O5S. The number of urea groups is 1. The third-order valence-corrected chi connectivity index (χ3v) is 5.78. The maximum Gasteiger partial charge on any atom is 0.416 e. The van der Waals surface area contributed by atoms with Crippen LogP contribution in [0.5, 0.6) is 5.75 Å². The average Bonchev–Trinajstić information content (AvgIpc) is 3.26. The predicted octanol–water partition coefficient (Wildman–Crippen LogP) is 4.75. The number of carbonyl (C=O) groups excluding carboxylic acids is 1. The van der Waals surface area contributed by atoms with Gasteiger partial charge in [0.1, 0.15) is 16.4 Å². The first-order valence-corrected chi connectivity index (χ1v) is 11.1. The SMILES string of the molecule is CN(C)C(=O)N(Cc1ccc(OS(=O)(=O)c2cccc(C(F)(F)F)c2)cc1)Cc1ccco1. The molecule has 0 aliphatic heterocycles. The summed E-state index contributed by atoms with van der Waals surface area (Å²) in [6.45, 7) is 0.435. The standard InChI is InChI=1S/C22H21F3N2O5S/c1-26(2)21(28)27(15-19-6-4-12-31-19)14-16-8-10-18(11-9-16)32-33(29,30)20-7-3-5-17(13-20)22(23,24)25/h3-13H,14-15H2,1-2H3. The Morgan fingerprint density at radius 3 is 2.27 bits per heavy atom. The number of alkyl halides is 3. The number of nitrogens with zero attached hydrogens (tertiary/aromatic N) is 2. The normalized spacial score (nSPS) is 11.8. The highest BCUT2D eigenvalue weighted by molar-refractivity contribution is 7.87. The van der Waals surface area contributed by atoms with Gasteiger partial charge in [0.2, 0.25) is 0 Å². The molecule has 0 aliphatic carbocycles. The van der Waals surface area contributed by atoms with E-state index in [1.54, 1.807) is 38.4 Å². The van der Waals surface area contributed by atoms with Gasteiger partial charge in [-0.05, 0) is 48.0 Å². The molecule has 0 aliphatic rings. The molecule has 3 rings (SSSR count). The first kappa shape index (κ1) is 24.2. The van der Waals surface area contributed by atoms with Crippen LogP contribution in [0.4, 0.5) is 18.0 Å². The second-order valence-corrected chi connectivity index (χ2v) is 8.87. The van der Waals surface area contributed by atoms with Crippen molar-refractivity contribution < 1.29 is 35.0 Å². The number of hydrogen-bond donors (Lipinski definition) is 0. The number of carbonyl (C=O) groups is 1. The largest absolute Gasteiger partial charge is 0.467 e. The van der Waals surface area contributed by atoms with E-state index in [-0.39, 0.29) is 24.9 Å². The topological polar surface area (TPSA) is 80.1 Å². The van der Waals surface area contributed by atoms with Crippen LogP contribution in [-0.2, 0) is 29.4 Å². The van der Waals surface area contributed by atoms with E-state index >= 15 is 0 Å². The Morgan fingerprint density at radius 2 is 1.70 bits per heavy atom. The molecule has 0 N–H and O–H groups in total. The van der Waals surface area contributed by atoms with E-state index < -0.39 is 26.8 Å². The Labute approximate surface area is 189 Å². The van der Waals surface area contributed by atoms with Gasteiger partial charge >= 0.3 is 22.3 Å². The summed E-state index contributed by atoms with van der Waals surface area (Å²) in [6.07, 6.45) is -3.18. The van der Waals surface area contributed by atoms with Gasteiger partial charge in [-0.3, -0.25) is 0 Å². The molecule has 0 fully saturated rings. The van der Waals surface area contributed by atoms with Crippen LogP contribution in [0.1, 0.15) is 16.9 Å². The Balaban J connectivity index is 1.74. The molecule has 0 atom stereocenters. The molecule has 0 saturated carbocycles. The molecule has 2 aromatic carbocycles. The number of amides is 2. The van der Waals surface area contributed by atoms with Crippen molar-refractivity contribution in [2.24, 2.45) is 0 Å². The van der Waals surface area contributed by atoms with Crippen molar-refractivity contribution in [2.45, 2.75) is 24.2 Å². The van der Waals surface area contributed by atoms with Gasteiger partial charge in [0, 0.05) is 20.6 Å². The second kappa shape index (κ2) is 9.57. The van der Waals surface area contributed by atoms with Crippen LogP contribution < -0.4 is 4.18 Å². The van der Waals surface area contributed by atoms with Crippen molar-refractivity contribution in [1.29, 1.82) is 0 Å². The van der Waals surface area contributed by atoms with Crippen molar-refractivity contribution >= 4 is 16.1 Å². The Bertz CT molecular complexity index is 1190. The zero-order chi connectivity index (χ0) is 24.2. The number of hydrogen-bond acceptors (Lipinski definition) is 5. The lowest BCUT2D eigenvalue weighted by atomic mass is 10.2. The summed E-state index contributed by atoms with van der Waals surface area (Å²) in [4.78, 5) is 14.9. The summed E-state index contributed by atoms with van der Waals surface area (Å²) >= 11 is 0. The van der Waals surface area contributed by atoms with Gasteiger partial charge in [-0.15, -0.1) is 0 Å². The van der Waals surface area contributed by atoms with E-state index in [1.807, 2.05) is 0 Å². The lowest BCUT2D eigenvalue weighted by Gasteiger charge is -2.25. The van der Waals surface area contributed by atoms with Crippen LogP contribution in [0.15, 0.2) is 76.2 Å². The molecule has 1 heterocycles. The average molecular weight is 482 g/mol. The molecule has 0 bridgehead atoms. The molecule has 0 saturated heterocycles. The maximum absolute atomic E-state index is 12.9. The predicted molar refractivity (Wildman–Crippen MR) is 113 cm³/mol. The van der Waals surface area contributed by atoms with Gasteiger partial charge in [-0.25, -0.2) is 4.79 Å². The van der Waals surface area contributed by atoms with Gasteiger partial charge in [0.15, 0.2) is 0 Å². The Morgan fingerprint density at radius 1 is 1.00 bits per heavy atom. The van der Waals surface area contributed by atoms with E-state index in [2.05, 4.69) is 0 Å². The van der Waals surface area contributed by atoms with Crippen LogP contribution in [-0.4, -0.2) is 38.3 Å². The van der Waals surface area contributed by atoms with Crippen LogP contribution in [0, 0.1) is 0 Å². The van der Waals surface area contributed by atoms with Gasteiger partial charge in [0.25, 0.3) is 0 Å². The quantitative estimate of drug-likeness (QED) is 0.454. The molecule has 0 spiro atoms. The molecule has 33 heavy (non-hydrogen) atoms. The van der Waals surface area contributed by atoms with E-state index in [4.69, 9.17) is 8.60 Å². The van der Waals surface area contributed by atoms with Crippen molar-refractivity contribution in [2.75, 3.05) is 14.1 Å². The van der Waals surface area contributed by atoms with Crippen LogP contribution >= 0.6 is 0 Å². The maximum atomic E-state index is 12.9. The lowest BCUT2D eigenvalue weighted by molar-refractivity contribution is -0.137. The monoisotopic (exact) mass is 482 g/mol. The fourth-order valence-electron chi connectivity index (χ4n) is 2.94. The second-order valence-electron chi connectivity index (χ2n) is 7.32. The zero-order valence-electron chi connectivity index (χ0n) is 17.7. The Kier molecular flexibility index (Phi) is 7.01. The summed E-state index contributed by atoms with van der Waals surface area (Å²) < 4.78 is 73.8. The number of furan rings is 1. The van der Waals surface area contributed by atoms with Gasteiger partial charge < -0.3 is 18.4 Å². The van der Waals surface area contributed by atoms with Crippen molar-refractivity contribution in [3.8, 4) is 5.75 Å². The van der Waals surface area contributed by atoms with Crippen LogP contribution in [0.2, 0.25) is 0 Å². The lowest BCUT2D eigenvalue weighted by Crippen LogP contribution is -2.38. The summed E-state index contributed by atoms with van der Waals surface area (Å²) in [5.74, 6) is 0.519. The minimum absolute atomic E-state index is 0.0762. The number of rotatable bonds is 7. The number of benzene rings is 2. The fraction of sp³-hybridized carbons (Fsp3) is 0.227. The molecule has 3 aromatic rings. The molecule has 2 amide bonds. The molecule has 11 heteroatoms. The fourth-order valence-corrected chi connectivity index (χ4v) is 3.92. The number of halogens is 3. The highest BCUT2D eigenvalue weighted by atomic mass is 32.2. The van der Waals surface area contributed by atoms with Crippen LogP contribution in [0.3, 0.4) is 0 Å². The van der Waals surface area contributed by atoms with Crippen molar-refractivity contribution in [1.82, 2.24) is 9.80 Å². The van der Waals surface area contributed by atoms with Gasteiger partial charge in [-0.2, -0.15) is 21.6 Å². The highest BCUT2D eigenvalue weighted by Crippen LogP contribution is 2.31. The molecule has 7 nitrogen and oxygen atoms in total. The smallest absolute Gasteiger partial charge is 0.416 e. The van der Waals surface area contributed by atoms with E-state index in [1.165, 1.54) is 28.2 Å². The molecule has 176 valence electrons. The highest BCUT2D eigenvalue weighted by Gasteiger charge is 2.32. The summed E-state index contributed by atoms with van der Waals surface area (Å²) in [5.41, 5.74) is -0.412. The molecular weight excluding hydrogens is 461 g/mol. The Hall–Kier alpha value is -3.47. The van der Waals surface area contributed by atoms with Crippen LogP contribution in [0.25, 0.3) is 0 Å². The molecule has 0 radical (unpaired) electrons.